The Bertz CT molecular complexity index is 719. The second kappa shape index (κ2) is 7.92. The molecule has 0 radical (unpaired) electrons. The lowest BCUT2D eigenvalue weighted by Gasteiger charge is -2.21. The number of carboxylic acid groups (broad SMARTS) is 1. The van der Waals surface area contributed by atoms with E-state index in [-0.39, 0.29) is 11.1 Å². The Kier molecular flexibility index (Phi) is 5.90. The molecule has 134 valence electrons. The Hall–Kier alpha value is -2.70. The zero-order valence-corrected chi connectivity index (χ0v) is 14.8. The number of aliphatic carboxylic acids is 1. The first-order valence-electron chi connectivity index (χ1n) is 8.22. The highest BCUT2D eigenvalue weighted by Crippen LogP contribution is 2.21. The van der Waals surface area contributed by atoms with Gasteiger partial charge >= 0.3 is 5.97 Å². The molecule has 0 saturated heterocycles. The highest BCUT2D eigenvalue weighted by molar-refractivity contribution is 5.94. The number of nitrogens with one attached hydrogen (secondary N) is 1. The van der Waals surface area contributed by atoms with Crippen LogP contribution in [0.1, 0.15) is 49.7 Å². The molecule has 0 spiro atoms. The maximum Gasteiger partial charge on any atom is 0.326 e. The maximum absolute atomic E-state index is 12.3. The fourth-order valence-electron chi connectivity index (χ4n) is 2.32. The van der Waals surface area contributed by atoms with Crippen LogP contribution in [0.4, 0.5) is 0 Å². The highest BCUT2D eigenvalue weighted by atomic mass is 16.4. The van der Waals surface area contributed by atoms with E-state index in [0.717, 1.165) is 5.56 Å². The van der Waals surface area contributed by atoms with Gasteiger partial charge in [-0.3, -0.25) is 4.79 Å². The van der Waals surface area contributed by atoms with Crippen LogP contribution >= 0.6 is 0 Å². The number of aromatic nitrogens is 3. The van der Waals surface area contributed by atoms with E-state index < -0.39 is 17.9 Å². The van der Waals surface area contributed by atoms with Crippen LogP contribution < -0.4 is 5.32 Å². The molecule has 7 nitrogen and oxygen atoms in total. The molecule has 2 aromatic rings. The summed E-state index contributed by atoms with van der Waals surface area (Å²) in [5, 5.41) is 19.6. The number of amides is 1. The molecule has 0 saturated carbocycles. The number of benzene rings is 1. The standard InChI is InChI=1S/C18H24N4O3/c1-18(2,3)10-9-14(17(24)25)19-16(23)15-12-22(21-20-15)11-13-7-5-4-6-8-13/h4-8,12,14H,9-11H2,1-3H3,(H,19,23)(H,24,25). The number of hydrogen-bond acceptors (Lipinski definition) is 4. The van der Waals surface area contributed by atoms with Crippen molar-refractivity contribution in [3.63, 3.8) is 0 Å². The summed E-state index contributed by atoms with van der Waals surface area (Å²) in [5.74, 6) is -1.57. The van der Waals surface area contributed by atoms with Crippen LogP contribution in [-0.4, -0.2) is 38.0 Å². The summed E-state index contributed by atoms with van der Waals surface area (Å²) in [6, 6.07) is 8.74. The number of nitrogens with zero attached hydrogens (tertiary/aromatic N) is 3. The smallest absolute Gasteiger partial charge is 0.326 e. The Morgan fingerprint density at radius 3 is 2.52 bits per heavy atom. The molecule has 7 heteroatoms. The zero-order valence-electron chi connectivity index (χ0n) is 14.8. The molecule has 1 aromatic carbocycles. The van der Waals surface area contributed by atoms with Crippen molar-refractivity contribution < 1.29 is 14.7 Å². The summed E-state index contributed by atoms with van der Waals surface area (Å²) >= 11 is 0. The number of carbonyl (C=O) groups excluding carboxylic acids is 1. The second-order valence-corrected chi connectivity index (χ2v) is 7.25. The van der Waals surface area contributed by atoms with Gasteiger partial charge < -0.3 is 10.4 Å². The fraction of sp³-hybridized carbons (Fsp3) is 0.444. The van der Waals surface area contributed by atoms with Gasteiger partial charge in [0.1, 0.15) is 6.04 Å². The SMILES string of the molecule is CC(C)(C)CCC(NC(=O)c1cn(Cc2ccccc2)nn1)C(=O)O. The summed E-state index contributed by atoms with van der Waals surface area (Å²) in [7, 11) is 0. The van der Waals surface area contributed by atoms with Gasteiger partial charge in [0.05, 0.1) is 12.7 Å². The van der Waals surface area contributed by atoms with Crippen molar-refractivity contribution >= 4 is 11.9 Å². The van der Waals surface area contributed by atoms with Crippen LogP contribution in [-0.2, 0) is 11.3 Å². The van der Waals surface area contributed by atoms with E-state index in [9.17, 15) is 14.7 Å². The van der Waals surface area contributed by atoms with E-state index in [1.807, 2.05) is 51.1 Å². The third kappa shape index (κ3) is 6.02. The third-order valence-electron chi connectivity index (χ3n) is 3.75. The molecule has 1 heterocycles. The first-order valence-corrected chi connectivity index (χ1v) is 8.22. The minimum absolute atomic E-state index is 0.00273. The molecule has 0 fully saturated rings. The van der Waals surface area contributed by atoms with Crippen molar-refractivity contribution in [3.05, 3.63) is 47.8 Å². The molecule has 2 N–H and O–H groups in total. The molecule has 1 atom stereocenters. The molecular formula is C18H24N4O3. The average Bonchev–Trinajstić information content (AvgIpc) is 2.99. The van der Waals surface area contributed by atoms with Crippen LogP contribution in [0.3, 0.4) is 0 Å². The first-order chi connectivity index (χ1) is 11.7. The van der Waals surface area contributed by atoms with Gasteiger partial charge in [0.2, 0.25) is 0 Å². The summed E-state index contributed by atoms with van der Waals surface area (Å²) in [6.07, 6.45) is 2.57. The van der Waals surface area contributed by atoms with E-state index in [4.69, 9.17) is 0 Å². The summed E-state index contributed by atoms with van der Waals surface area (Å²) in [4.78, 5) is 23.6. The molecule has 0 bridgehead atoms. The van der Waals surface area contributed by atoms with Gasteiger partial charge in [-0.25, -0.2) is 9.48 Å². The normalized spacial score (nSPS) is 12.6. The Labute approximate surface area is 147 Å². The van der Waals surface area contributed by atoms with Crippen LogP contribution in [0.2, 0.25) is 0 Å². The van der Waals surface area contributed by atoms with Gasteiger partial charge in [-0.2, -0.15) is 0 Å². The largest absolute Gasteiger partial charge is 0.480 e. The van der Waals surface area contributed by atoms with Gasteiger partial charge in [0.25, 0.3) is 5.91 Å². The predicted octanol–water partition coefficient (Wildman–Crippen LogP) is 2.34. The number of carboxylic acids is 1. The number of hydrogen-bond donors (Lipinski definition) is 2. The van der Waals surface area contributed by atoms with E-state index in [0.29, 0.717) is 19.4 Å². The third-order valence-corrected chi connectivity index (χ3v) is 3.75. The zero-order chi connectivity index (χ0) is 18.4. The van der Waals surface area contributed by atoms with E-state index >= 15 is 0 Å². The Morgan fingerprint density at radius 2 is 1.92 bits per heavy atom. The van der Waals surface area contributed by atoms with Gasteiger partial charge in [-0.15, -0.1) is 5.10 Å². The van der Waals surface area contributed by atoms with Gasteiger partial charge in [0, 0.05) is 0 Å². The van der Waals surface area contributed by atoms with Crippen molar-refractivity contribution in [2.75, 3.05) is 0 Å². The molecule has 1 aromatic heterocycles. The monoisotopic (exact) mass is 344 g/mol. The maximum atomic E-state index is 12.3. The first kappa shape index (κ1) is 18.6. The Morgan fingerprint density at radius 1 is 1.24 bits per heavy atom. The molecule has 1 unspecified atom stereocenters. The van der Waals surface area contributed by atoms with Crippen molar-refractivity contribution in [2.24, 2.45) is 5.41 Å². The lowest BCUT2D eigenvalue weighted by atomic mass is 9.88. The lowest BCUT2D eigenvalue weighted by molar-refractivity contribution is -0.139. The molecule has 0 aliphatic rings. The number of carbonyl (C=O) groups is 2. The van der Waals surface area contributed by atoms with Crippen LogP contribution in [0.5, 0.6) is 0 Å². The minimum Gasteiger partial charge on any atom is -0.480 e. The van der Waals surface area contributed by atoms with E-state index in [2.05, 4.69) is 15.6 Å². The van der Waals surface area contributed by atoms with Crippen molar-refractivity contribution in [1.29, 1.82) is 0 Å². The molecule has 2 rings (SSSR count). The summed E-state index contributed by atoms with van der Waals surface area (Å²) < 4.78 is 1.55. The topological polar surface area (TPSA) is 97.1 Å². The van der Waals surface area contributed by atoms with Crippen molar-refractivity contribution in [3.8, 4) is 0 Å². The fourth-order valence-corrected chi connectivity index (χ4v) is 2.32. The van der Waals surface area contributed by atoms with Crippen molar-refractivity contribution in [1.82, 2.24) is 20.3 Å². The summed E-state index contributed by atoms with van der Waals surface area (Å²) in [5.41, 5.74) is 1.14. The molecule has 0 aliphatic heterocycles. The minimum atomic E-state index is -1.05. The van der Waals surface area contributed by atoms with Gasteiger partial charge in [0.15, 0.2) is 5.69 Å². The summed E-state index contributed by atoms with van der Waals surface area (Å²) in [6.45, 7) is 6.59. The van der Waals surface area contributed by atoms with Crippen molar-refractivity contribution in [2.45, 2.75) is 46.2 Å². The van der Waals surface area contributed by atoms with Crippen LogP contribution in [0.15, 0.2) is 36.5 Å². The average molecular weight is 344 g/mol. The molecule has 25 heavy (non-hydrogen) atoms. The molecule has 0 aliphatic carbocycles. The predicted molar refractivity (Wildman–Crippen MR) is 93.1 cm³/mol. The molecular weight excluding hydrogens is 320 g/mol. The molecule has 1 amide bonds. The van der Waals surface area contributed by atoms with Gasteiger partial charge in [-0.05, 0) is 23.8 Å². The quantitative estimate of drug-likeness (QED) is 0.803. The van der Waals surface area contributed by atoms with E-state index in [1.54, 1.807) is 4.68 Å². The van der Waals surface area contributed by atoms with Crippen LogP contribution in [0.25, 0.3) is 0 Å². The second-order valence-electron chi connectivity index (χ2n) is 7.25. The lowest BCUT2D eigenvalue weighted by Crippen LogP contribution is -2.41. The highest BCUT2D eigenvalue weighted by Gasteiger charge is 2.24. The van der Waals surface area contributed by atoms with Gasteiger partial charge in [-0.1, -0.05) is 56.3 Å². The van der Waals surface area contributed by atoms with E-state index in [1.165, 1.54) is 6.20 Å². The number of rotatable bonds is 7. The van der Waals surface area contributed by atoms with Crippen LogP contribution in [0, 0.1) is 5.41 Å². The Balaban J connectivity index is 1.98.